The molecule has 1 aliphatic carbocycles. The molecule has 4 nitrogen and oxygen atoms in total. The second kappa shape index (κ2) is 6.07. The standard InChI is InChI=1S/C11H15N3OS2/c15-9(14-11-12-6-7-17-11)10(16)13-8-4-2-1-3-5-8/h6-8H,1-5H2,(H,13,16)(H,12,14,15). The van der Waals surface area contributed by atoms with Gasteiger partial charge in [-0.1, -0.05) is 31.5 Å². The Morgan fingerprint density at radius 1 is 1.41 bits per heavy atom. The molecule has 1 aromatic heterocycles. The molecule has 0 atom stereocenters. The van der Waals surface area contributed by atoms with Gasteiger partial charge in [-0.2, -0.15) is 0 Å². The van der Waals surface area contributed by atoms with Gasteiger partial charge in [0.2, 0.25) is 0 Å². The number of thiocarbonyl (C=S) groups is 1. The van der Waals surface area contributed by atoms with Crippen molar-refractivity contribution in [1.82, 2.24) is 10.3 Å². The largest absolute Gasteiger partial charge is 0.369 e. The predicted molar refractivity (Wildman–Crippen MR) is 73.4 cm³/mol. The molecule has 2 rings (SSSR count). The van der Waals surface area contributed by atoms with E-state index in [1.165, 1.54) is 30.6 Å². The molecule has 0 bridgehead atoms. The number of carbonyl (C=O) groups excluding carboxylic acids is 1. The first-order valence-corrected chi connectivity index (χ1v) is 7.06. The fourth-order valence-electron chi connectivity index (χ4n) is 1.94. The highest BCUT2D eigenvalue weighted by atomic mass is 32.1. The van der Waals surface area contributed by atoms with E-state index in [1.807, 2.05) is 5.38 Å². The lowest BCUT2D eigenvalue weighted by atomic mass is 9.95. The smallest absolute Gasteiger partial charge is 0.284 e. The number of hydrogen-bond acceptors (Lipinski definition) is 4. The van der Waals surface area contributed by atoms with Crippen LogP contribution in [0.1, 0.15) is 32.1 Å². The molecule has 1 amide bonds. The molecule has 1 heterocycles. The zero-order valence-electron chi connectivity index (χ0n) is 9.44. The van der Waals surface area contributed by atoms with Crippen molar-refractivity contribution in [2.24, 2.45) is 0 Å². The van der Waals surface area contributed by atoms with Gasteiger partial charge >= 0.3 is 0 Å². The number of nitrogens with one attached hydrogen (secondary N) is 2. The van der Waals surface area contributed by atoms with Crippen molar-refractivity contribution in [1.29, 1.82) is 0 Å². The lowest BCUT2D eigenvalue weighted by molar-refractivity contribution is -0.110. The van der Waals surface area contributed by atoms with E-state index >= 15 is 0 Å². The molecule has 0 aromatic carbocycles. The van der Waals surface area contributed by atoms with E-state index in [4.69, 9.17) is 12.2 Å². The van der Waals surface area contributed by atoms with Gasteiger partial charge in [0.15, 0.2) is 10.1 Å². The second-order valence-corrected chi connectivity index (χ2v) is 5.40. The number of rotatable bonds is 2. The van der Waals surface area contributed by atoms with Crippen LogP contribution < -0.4 is 10.6 Å². The van der Waals surface area contributed by atoms with Crippen molar-refractivity contribution < 1.29 is 4.79 Å². The summed E-state index contributed by atoms with van der Waals surface area (Å²) in [6.45, 7) is 0. The predicted octanol–water partition coefficient (Wildman–Crippen LogP) is 2.33. The Kier molecular flexibility index (Phi) is 4.44. The average molecular weight is 269 g/mol. The summed E-state index contributed by atoms with van der Waals surface area (Å²) in [5, 5.41) is 8.20. The molecular weight excluding hydrogens is 254 g/mol. The van der Waals surface area contributed by atoms with Gasteiger partial charge in [0, 0.05) is 17.6 Å². The molecule has 1 saturated carbocycles. The Hall–Kier alpha value is -1.01. The fourth-order valence-corrected chi connectivity index (χ4v) is 2.68. The van der Waals surface area contributed by atoms with Crippen LogP contribution in [0.4, 0.5) is 5.13 Å². The van der Waals surface area contributed by atoms with E-state index in [0.717, 1.165) is 12.8 Å². The van der Waals surface area contributed by atoms with Crippen LogP contribution in [-0.4, -0.2) is 21.9 Å². The third-order valence-corrected chi connectivity index (χ3v) is 3.79. The molecule has 0 spiro atoms. The van der Waals surface area contributed by atoms with E-state index in [2.05, 4.69) is 15.6 Å². The van der Waals surface area contributed by atoms with Gasteiger partial charge in [-0.25, -0.2) is 4.98 Å². The van der Waals surface area contributed by atoms with Gasteiger partial charge in [-0.05, 0) is 12.8 Å². The Morgan fingerprint density at radius 2 is 2.18 bits per heavy atom. The minimum Gasteiger partial charge on any atom is -0.369 e. The van der Waals surface area contributed by atoms with Gasteiger partial charge < -0.3 is 5.32 Å². The molecule has 1 aromatic rings. The maximum absolute atomic E-state index is 11.7. The minimum absolute atomic E-state index is 0.263. The summed E-state index contributed by atoms with van der Waals surface area (Å²) in [5.74, 6) is -0.263. The van der Waals surface area contributed by atoms with Crippen molar-refractivity contribution >= 4 is 39.6 Å². The third kappa shape index (κ3) is 3.74. The van der Waals surface area contributed by atoms with Gasteiger partial charge in [0.05, 0.1) is 0 Å². The summed E-state index contributed by atoms with van der Waals surface area (Å²) in [6.07, 6.45) is 7.58. The molecule has 6 heteroatoms. The van der Waals surface area contributed by atoms with E-state index in [1.54, 1.807) is 6.20 Å². The maximum atomic E-state index is 11.7. The van der Waals surface area contributed by atoms with Crippen LogP contribution in [-0.2, 0) is 4.79 Å². The van der Waals surface area contributed by atoms with Crippen molar-refractivity contribution in [3.05, 3.63) is 11.6 Å². The zero-order valence-corrected chi connectivity index (χ0v) is 11.1. The molecule has 0 radical (unpaired) electrons. The van der Waals surface area contributed by atoms with Crippen LogP contribution >= 0.6 is 23.6 Å². The molecular formula is C11H15N3OS2. The highest BCUT2D eigenvalue weighted by Crippen LogP contribution is 2.17. The highest BCUT2D eigenvalue weighted by molar-refractivity contribution is 7.82. The summed E-state index contributed by atoms with van der Waals surface area (Å²) in [5.41, 5.74) is 0. The van der Waals surface area contributed by atoms with Crippen LogP contribution in [0.5, 0.6) is 0 Å². The van der Waals surface area contributed by atoms with E-state index < -0.39 is 0 Å². The van der Waals surface area contributed by atoms with Crippen LogP contribution in [0.2, 0.25) is 0 Å². The SMILES string of the molecule is O=C(Nc1nccs1)C(=S)NC1CCCCC1. The van der Waals surface area contributed by atoms with Crippen molar-refractivity contribution in [2.75, 3.05) is 5.32 Å². The number of thiazole rings is 1. The molecule has 1 fully saturated rings. The summed E-state index contributed by atoms with van der Waals surface area (Å²) in [4.78, 5) is 16.0. The topological polar surface area (TPSA) is 54.0 Å². The molecule has 0 unspecified atom stereocenters. The Balaban J connectivity index is 1.80. The Labute approximate surface area is 110 Å². The first-order valence-electron chi connectivity index (χ1n) is 5.77. The molecule has 92 valence electrons. The summed E-state index contributed by atoms with van der Waals surface area (Å²) >= 11 is 6.47. The summed E-state index contributed by atoms with van der Waals surface area (Å²) in [7, 11) is 0. The fraction of sp³-hybridized carbons (Fsp3) is 0.545. The quantitative estimate of drug-likeness (QED) is 0.809. The highest BCUT2D eigenvalue weighted by Gasteiger charge is 2.17. The monoisotopic (exact) mass is 269 g/mol. The van der Waals surface area contributed by atoms with E-state index in [-0.39, 0.29) is 10.9 Å². The minimum atomic E-state index is -0.263. The van der Waals surface area contributed by atoms with E-state index in [0.29, 0.717) is 11.2 Å². The molecule has 0 aliphatic heterocycles. The van der Waals surface area contributed by atoms with Crippen LogP contribution in [0.25, 0.3) is 0 Å². The van der Waals surface area contributed by atoms with Gasteiger partial charge in [-0.15, -0.1) is 11.3 Å². The normalized spacial score (nSPS) is 16.5. The second-order valence-electron chi connectivity index (χ2n) is 4.10. The lowest BCUT2D eigenvalue weighted by Gasteiger charge is -2.23. The van der Waals surface area contributed by atoms with Crippen molar-refractivity contribution in [3.63, 3.8) is 0 Å². The number of carbonyl (C=O) groups is 1. The summed E-state index contributed by atoms with van der Waals surface area (Å²) in [6, 6.07) is 0.360. The number of hydrogen-bond donors (Lipinski definition) is 2. The number of amides is 1. The van der Waals surface area contributed by atoms with Gasteiger partial charge in [0.25, 0.3) is 5.91 Å². The molecule has 1 aliphatic rings. The first-order chi connectivity index (χ1) is 8.25. The Bertz CT molecular complexity index is 385. The number of anilines is 1. The van der Waals surface area contributed by atoms with Crippen LogP contribution in [0, 0.1) is 0 Å². The number of nitrogens with zero attached hydrogens (tertiary/aromatic N) is 1. The van der Waals surface area contributed by atoms with Gasteiger partial charge in [-0.3, -0.25) is 10.1 Å². The van der Waals surface area contributed by atoms with E-state index in [9.17, 15) is 4.79 Å². The average Bonchev–Trinajstić information content (AvgIpc) is 2.83. The molecule has 2 N–H and O–H groups in total. The zero-order chi connectivity index (χ0) is 12.1. The molecule has 17 heavy (non-hydrogen) atoms. The van der Waals surface area contributed by atoms with Crippen LogP contribution in [0.3, 0.4) is 0 Å². The number of aromatic nitrogens is 1. The van der Waals surface area contributed by atoms with Gasteiger partial charge in [0.1, 0.15) is 0 Å². The first kappa shape index (κ1) is 12.4. The maximum Gasteiger partial charge on any atom is 0.284 e. The molecule has 0 saturated heterocycles. The third-order valence-electron chi connectivity index (χ3n) is 2.80. The van der Waals surface area contributed by atoms with Crippen LogP contribution in [0.15, 0.2) is 11.6 Å². The lowest BCUT2D eigenvalue weighted by Crippen LogP contribution is -2.41. The van der Waals surface area contributed by atoms with Crippen molar-refractivity contribution in [2.45, 2.75) is 38.1 Å². The van der Waals surface area contributed by atoms with Crippen molar-refractivity contribution in [3.8, 4) is 0 Å². The Morgan fingerprint density at radius 3 is 2.82 bits per heavy atom. The summed E-state index contributed by atoms with van der Waals surface area (Å²) < 4.78 is 0.